The largest absolute Gasteiger partial charge is 0.204 e. The van der Waals surface area contributed by atoms with Crippen LogP contribution in [0.3, 0.4) is 0 Å². The van der Waals surface area contributed by atoms with Crippen molar-refractivity contribution >= 4 is 38.5 Å². The minimum absolute atomic E-state index is 0.340. The van der Waals surface area contributed by atoms with Crippen LogP contribution in [0.15, 0.2) is 12.1 Å². The van der Waals surface area contributed by atoms with Gasteiger partial charge < -0.3 is 0 Å². The van der Waals surface area contributed by atoms with E-state index in [1.807, 2.05) is 22.6 Å². The molecule has 0 spiro atoms. The van der Waals surface area contributed by atoms with Crippen LogP contribution in [0.2, 0.25) is 0 Å². The molecule has 0 atom stereocenters. The second kappa shape index (κ2) is 3.80. The summed E-state index contributed by atoms with van der Waals surface area (Å²) in [5.74, 6) is -1.55. The van der Waals surface area contributed by atoms with E-state index in [2.05, 4.69) is 15.9 Å². The average molecular weight is 333 g/mol. The normalized spacial score (nSPS) is 10.2. The Balaban J connectivity index is 3.24. The SMILES string of the molecule is Fc1cc(I)cc(CBr)c1F. The molecule has 0 fully saturated rings. The van der Waals surface area contributed by atoms with Gasteiger partial charge in [-0.15, -0.1) is 0 Å². The van der Waals surface area contributed by atoms with Crippen molar-refractivity contribution in [2.75, 3.05) is 0 Å². The molecular weight excluding hydrogens is 329 g/mol. The summed E-state index contributed by atoms with van der Waals surface area (Å²) in [5, 5.41) is 0.340. The van der Waals surface area contributed by atoms with Gasteiger partial charge in [-0.2, -0.15) is 0 Å². The van der Waals surface area contributed by atoms with Crippen LogP contribution in [0.5, 0.6) is 0 Å². The number of rotatable bonds is 1. The van der Waals surface area contributed by atoms with Crippen molar-refractivity contribution in [3.05, 3.63) is 32.9 Å². The molecule has 0 unspecified atom stereocenters. The molecule has 0 nitrogen and oxygen atoms in total. The fraction of sp³-hybridized carbons (Fsp3) is 0.143. The summed E-state index contributed by atoms with van der Waals surface area (Å²) in [5.41, 5.74) is 0.356. The van der Waals surface area contributed by atoms with Crippen LogP contribution in [0.4, 0.5) is 8.78 Å². The molecule has 11 heavy (non-hydrogen) atoms. The summed E-state index contributed by atoms with van der Waals surface area (Å²) in [7, 11) is 0. The van der Waals surface area contributed by atoms with Crippen LogP contribution in [-0.2, 0) is 5.33 Å². The van der Waals surface area contributed by atoms with Crippen LogP contribution in [-0.4, -0.2) is 0 Å². The molecule has 0 bridgehead atoms. The van der Waals surface area contributed by atoms with Gasteiger partial charge in [-0.3, -0.25) is 0 Å². The summed E-state index contributed by atoms with van der Waals surface area (Å²) >= 11 is 5.01. The molecule has 0 N–H and O–H groups in total. The third kappa shape index (κ3) is 2.11. The van der Waals surface area contributed by atoms with Crippen molar-refractivity contribution in [3.8, 4) is 0 Å². The summed E-state index contributed by atoms with van der Waals surface area (Å²) in [6.07, 6.45) is 0. The highest BCUT2D eigenvalue weighted by atomic mass is 127. The van der Waals surface area contributed by atoms with Gasteiger partial charge in [-0.25, -0.2) is 8.78 Å². The highest BCUT2D eigenvalue weighted by Crippen LogP contribution is 2.18. The quantitative estimate of drug-likeness (QED) is 0.420. The van der Waals surface area contributed by atoms with Gasteiger partial charge in [-0.1, -0.05) is 15.9 Å². The van der Waals surface area contributed by atoms with Crippen molar-refractivity contribution in [2.45, 2.75) is 5.33 Å². The van der Waals surface area contributed by atoms with Gasteiger partial charge in [0.05, 0.1) is 0 Å². The molecule has 0 amide bonds. The topological polar surface area (TPSA) is 0 Å². The molecule has 0 heterocycles. The monoisotopic (exact) mass is 332 g/mol. The van der Waals surface area contributed by atoms with E-state index in [9.17, 15) is 8.78 Å². The number of halogens is 4. The summed E-state index contributed by atoms with van der Waals surface area (Å²) in [6.45, 7) is 0. The first-order valence-electron chi connectivity index (χ1n) is 2.84. The van der Waals surface area contributed by atoms with Gasteiger partial charge in [0.2, 0.25) is 0 Å². The van der Waals surface area contributed by atoms with Crippen molar-refractivity contribution in [1.82, 2.24) is 0 Å². The predicted octanol–water partition coefficient (Wildman–Crippen LogP) is 3.46. The van der Waals surface area contributed by atoms with E-state index < -0.39 is 11.6 Å². The van der Waals surface area contributed by atoms with E-state index >= 15 is 0 Å². The smallest absolute Gasteiger partial charge is 0.162 e. The lowest BCUT2D eigenvalue weighted by molar-refractivity contribution is 0.502. The first kappa shape index (κ1) is 9.38. The lowest BCUT2D eigenvalue weighted by Crippen LogP contribution is -1.92. The molecule has 0 aliphatic heterocycles. The summed E-state index contributed by atoms with van der Waals surface area (Å²) in [6, 6.07) is 2.77. The van der Waals surface area contributed by atoms with E-state index in [0.29, 0.717) is 14.5 Å². The Bertz CT molecular complexity index is 275. The minimum atomic E-state index is -0.786. The first-order chi connectivity index (χ1) is 5.15. The molecule has 60 valence electrons. The second-order valence-electron chi connectivity index (χ2n) is 1.99. The Labute approximate surface area is 85.3 Å². The Morgan fingerprint density at radius 1 is 1.36 bits per heavy atom. The van der Waals surface area contributed by atoms with Crippen molar-refractivity contribution in [1.29, 1.82) is 0 Å². The predicted molar refractivity (Wildman–Crippen MR) is 51.7 cm³/mol. The van der Waals surface area contributed by atoms with E-state index in [1.165, 1.54) is 6.07 Å². The lowest BCUT2D eigenvalue weighted by atomic mass is 10.2. The van der Waals surface area contributed by atoms with Crippen molar-refractivity contribution in [3.63, 3.8) is 0 Å². The maximum Gasteiger partial charge on any atom is 0.162 e. The number of alkyl halides is 1. The van der Waals surface area contributed by atoms with Crippen LogP contribution in [0, 0.1) is 15.2 Å². The first-order valence-corrected chi connectivity index (χ1v) is 5.04. The molecule has 0 radical (unpaired) electrons. The molecule has 0 saturated carbocycles. The van der Waals surface area contributed by atoms with Crippen LogP contribution in [0.25, 0.3) is 0 Å². The molecule has 0 saturated heterocycles. The molecule has 1 aromatic carbocycles. The number of hydrogen-bond donors (Lipinski definition) is 0. The van der Waals surface area contributed by atoms with Gasteiger partial charge in [0, 0.05) is 14.5 Å². The zero-order chi connectivity index (χ0) is 8.43. The molecular formula is C7H4BrF2I. The maximum atomic E-state index is 12.8. The Morgan fingerprint density at radius 3 is 2.55 bits per heavy atom. The average Bonchev–Trinajstić information content (AvgIpc) is 1.96. The van der Waals surface area contributed by atoms with E-state index in [4.69, 9.17) is 0 Å². The number of hydrogen-bond acceptors (Lipinski definition) is 0. The van der Waals surface area contributed by atoms with Crippen LogP contribution in [0.1, 0.15) is 5.56 Å². The highest BCUT2D eigenvalue weighted by molar-refractivity contribution is 14.1. The van der Waals surface area contributed by atoms with E-state index in [1.54, 1.807) is 6.07 Å². The van der Waals surface area contributed by atoms with Crippen LogP contribution >= 0.6 is 38.5 Å². The van der Waals surface area contributed by atoms with E-state index in [-0.39, 0.29) is 0 Å². The molecule has 0 aliphatic carbocycles. The maximum absolute atomic E-state index is 12.8. The van der Waals surface area contributed by atoms with Gasteiger partial charge >= 0.3 is 0 Å². The fourth-order valence-electron chi connectivity index (χ4n) is 0.707. The van der Waals surface area contributed by atoms with Gasteiger partial charge in [0.1, 0.15) is 0 Å². The Morgan fingerprint density at radius 2 is 2.00 bits per heavy atom. The molecule has 0 aliphatic rings. The molecule has 1 rings (SSSR count). The van der Waals surface area contributed by atoms with Gasteiger partial charge in [0.25, 0.3) is 0 Å². The Kier molecular flexibility index (Phi) is 3.24. The molecule has 0 aromatic heterocycles. The summed E-state index contributed by atoms with van der Waals surface area (Å²) in [4.78, 5) is 0. The lowest BCUT2D eigenvalue weighted by Gasteiger charge is -1.99. The van der Waals surface area contributed by atoms with Crippen molar-refractivity contribution in [2.24, 2.45) is 0 Å². The molecule has 1 aromatic rings. The molecule has 4 heteroatoms. The van der Waals surface area contributed by atoms with Crippen LogP contribution < -0.4 is 0 Å². The standard InChI is InChI=1S/C7H4BrF2I/c8-3-4-1-5(11)2-6(9)7(4)10/h1-2H,3H2. The Hall–Kier alpha value is 0.290. The van der Waals surface area contributed by atoms with Gasteiger partial charge in [-0.05, 0) is 34.7 Å². The summed E-state index contributed by atoms with van der Waals surface area (Å²) < 4.78 is 26.1. The zero-order valence-electron chi connectivity index (χ0n) is 5.37. The van der Waals surface area contributed by atoms with Gasteiger partial charge in [0.15, 0.2) is 11.6 Å². The minimum Gasteiger partial charge on any atom is -0.204 e. The zero-order valence-corrected chi connectivity index (χ0v) is 9.12. The fourth-order valence-corrected chi connectivity index (χ4v) is 1.76. The highest BCUT2D eigenvalue weighted by Gasteiger charge is 2.07. The number of benzene rings is 1. The third-order valence-corrected chi connectivity index (χ3v) is 2.44. The van der Waals surface area contributed by atoms with E-state index in [0.717, 1.165) is 0 Å². The second-order valence-corrected chi connectivity index (χ2v) is 3.80. The van der Waals surface area contributed by atoms with Crippen molar-refractivity contribution < 1.29 is 8.78 Å². The third-order valence-electron chi connectivity index (χ3n) is 1.21.